The van der Waals surface area contributed by atoms with Gasteiger partial charge in [-0.25, -0.2) is 0 Å². The van der Waals surface area contributed by atoms with E-state index in [1.54, 1.807) is 6.92 Å². The number of halogens is 1. The van der Waals surface area contributed by atoms with Crippen molar-refractivity contribution in [3.8, 4) is 0 Å². The molecule has 0 aliphatic heterocycles. The van der Waals surface area contributed by atoms with Gasteiger partial charge in [0.05, 0.1) is 18.3 Å². The molecule has 0 fully saturated rings. The van der Waals surface area contributed by atoms with Crippen molar-refractivity contribution in [3.63, 3.8) is 0 Å². The molecule has 1 heterocycles. The Morgan fingerprint density at radius 1 is 1.00 bits per heavy atom. The molecule has 0 aliphatic carbocycles. The normalized spacial score (nSPS) is 12.0. The Morgan fingerprint density at radius 3 is 2.18 bits per heavy atom. The Hall–Kier alpha value is -2.69. The molecule has 28 heavy (non-hydrogen) atoms. The summed E-state index contributed by atoms with van der Waals surface area (Å²) < 4.78 is 0. The van der Waals surface area contributed by atoms with E-state index in [4.69, 9.17) is 11.6 Å². The van der Waals surface area contributed by atoms with Crippen LogP contribution in [0.3, 0.4) is 0 Å². The third kappa shape index (κ3) is 4.24. The quantitative estimate of drug-likeness (QED) is 0.551. The maximum atomic E-state index is 12.8. The molecule has 2 aromatic carbocycles. The van der Waals surface area contributed by atoms with E-state index in [1.165, 1.54) is 6.92 Å². The second kappa shape index (κ2) is 8.55. The molecule has 4 nitrogen and oxygen atoms in total. The highest BCUT2D eigenvalue weighted by molar-refractivity contribution is 6.30. The first-order valence-corrected chi connectivity index (χ1v) is 9.53. The molecule has 0 amide bonds. The highest BCUT2D eigenvalue weighted by atomic mass is 35.5. The zero-order chi connectivity index (χ0) is 20.3. The van der Waals surface area contributed by atoms with E-state index < -0.39 is 0 Å². The van der Waals surface area contributed by atoms with Gasteiger partial charge in [0, 0.05) is 16.3 Å². The number of carbonyl (C=O) groups excluding carboxylic acids is 2. The van der Waals surface area contributed by atoms with Gasteiger partial charge in [-0.1, -0.05) is 54.1 Å². The Bertz CT molecular complexity index is 991. The summed E-state index contributed by atoms with van der Waals surface area (Å²) in [7, 11) is 0. The van der Waals surface area contributed by atoms with Gasteiger partial charge < -0.3 is 4.98 Å². The highest BCUT2D eigenvalue weighted by Crippen LogP contribution is 2.24. The van der Waals surface area contributed by atoms with Crippen molar-refractivity contribution >= 4 is 23.2 Å². The highest BCUT2D eigenvalue weighted by Gasteiger charge is 2.21. The minimum atomic E-state index is -0.147. The van der Waals surface area contributed by atoms with Gasteiger partial charge in [-0.15, -0.1) is 0 Å². The summed E-state index contributed by atoms with van der Waals surface area (Å²) >= 11 is 6.02. The van der Waals surface area contributed by atoms with Gasteiger partial charge in [-0.05, 0) is 49.6 Å². The van der Waals surface area contributed by atoms with Crippen molar-refractivity contribution in [2.75, 3.05) is 6.54 Å². The fraction of sp³-hybridized carbons (Fsp3) is 0.217. The Morgan fingerprint density at radius 2 is 1.61 bits per heavy atom. The number of nitrogens with one attached hydrogen (secondary N) is 2. The third-order valence-corrected chi connectivity index (χ3v) is 5.12. The van der Waals surface area contributed by atoms with E-state index in [2.05, 4.69) is 10.3 Å². The number of ketones is 2. The number of H-pyrrole nitrogens is 1. The second-order valence-electron chi connectivity index (χ2n) is 6.88. The number of hydrogen-bond acceptors (Lipinski definition) is 3. The van der Waals surface area contributed by atoms with Crippen molar-refractivity contribution in [3.05, 3.63) is 93.3 Å². The molecule has 5 heteroatoms. The van der Waals surface area contributed by atoms with Crippen LogP contribution in [0.25, 0.3) is 0 Å². The molecule has 1 atom stereocenters. The predicted molar refractivity (Wildman–Crippen MR) is 112 cm³/mol. The van der Waals surface area contributed by atoms with Crippen LogP contribution >= 0.6 is 11.6 Å². The van der Waals surface area contributed by atoms with Crippen LogP contribution in [-0.2, 0) is 0 Å². The third-order valence-electron chi connectivity index (χ3n) is 4.87. The number of Topliss-reactive ketones (excluding diaryl/α,β-unsaturated/α-hetero) is 2. The van der Waals surface area contributed by atoms with Crippen molar-refractivity contribution in [2.24, 2.45) is 0 Å². The monoisotopic (exact) mass is 394 g/mol. The van der Waals surface area contributed by atoms with Crippen molar-refractivity contribution in [2.45, 2.75) is 26.8 Å². The van der Waals surface area contributed by atoms with Crippen LogP contribution in [-0.4, -0.2) is 23.1 Å². The second-order valence-corrected chi connectivity index (χ2v) is 7.32. The first kappa shape index (κ1) is 20.1. The van der Waals surface area contributed by atoms with Crippen LogP contribution in [0.15, 0.2) is 54.6 Å². The topological polar surface area (TPSA) is 62.0 Å². The molecule has 0 spiro atoms. The van der Waals surface area contributed by atoms with Crippen molar-refractivity contribution in [1.82, 2.24) is 10.3 Å². The summed E-state index contributed by atoms with van der Waals surface area (Å²) in [6.45, 7) is 5.28. The van der Waals surface area contributed by atoms with Gasteiger partial charge in [-0.3, -0.25) is 14.9 Å². The number of carbonyl (C=O) groups is 2. The molecular weight excluding hydrogens is 372 g/mol. The Balaban J connectivity index is 1.84. The van der Waals surface area contributed by atoms with Crippen molar-refractivity contribution in [1.29, 1.82) is 0 Å². The zero-order valence-corrected chi connectivity index (χ0v) is 16.9. The van der Waals surface area contributed by atoms with E-state index >= 15 is 0 Å². The van der Waals surface area contributed by atoms with Crippen molar-refractivity contribution < 1.29 is 9.59 Å². The average Bonchev–Trinajstić information content (AvgIpc) is 2.98. The summed E-state index contributed by atoms with van der Waals surface area (Å²) in [6, 6.07) is 17.4. The standard InChI is InChI=1S/C23H23ClN2O2/c1-14-21(16(3)27)15(2)26-22(14)20(28)13-25-23(17-7-5-4-6-8-17)18-9-11-19(24)12-10-18/h4-12,23,25-26H,13H2,1-3H3/t23-/m1/s1. The van der Waals surface area contributed by atoms with E-state index in [9.17, 15) is 9.59 Å². The van der Waals surface area contributed by atoms with Crippen LogP contribution in [0.5, 0.6) is 0 Å². The van der Waals surface area contributed by atoms with Gasteiger partial charge in [0.15, 0.2) is 11.6 Å². The lowest BCUT2D eigenvalue weighted by atomic mass is 9.98. The Labute approximate surface area is 169 Å². The fourth-order valence-corrected chi connectivity index (χ4v) is 3.69. The molecule has 0 unspecified atom stereocenters. The molecular formula is C23H23ClN2O2. The van der Waals surface area contributed by atoms with Crippen LogP contribution < -0.4 is 5.32 Å². The lowest BCUT2D eigenvalue weighted by Crippen LogP contribution is -2.29. The number of benzene rings is 2. The van der Waals surface area contributed by atoms with E-state index in [0.717, 1.165) is 16.8 Å². The summed E-state index contributed by atoms with van der Waals surface area (Å²) in [6.07, 6.45) is 0. The molecule has 2 N–H and O–H groups in total. The average molecular weight is 395 g/mol. The summed E-state index contributed by atoms with van der Waals surface area (Å²) in [5, 5.41) is 4.03. The number of aromatic amines is 1. The van der Waals surface area contributed by atoms with Crippen LogP contribution in [0.4, 0.5) is 0 Å². The fourth-order valence-electron chi connectivity index (χ4n) is 3.57. The molecule has 0 radical (unpaired) electrons. The lowest BCUT2D eigenvalue weighted by Gasteiger charge is -2.19. The minimum Gasteiger partial charge on any atom is -0.355 e. The number of rotatable bonds is 7. The first-order valence-electron chi connectivity index (χ1n) is 9.15. The van der Waals surface area contributed by atoms with Gasteiger partial charge in [0.2, 0.25) is 0 Å². The van der Waals surface area contributed by atoms with Gasteiger partial charge in [-0.2, -0.15) is 0 Å². The van der Waals surface area contributed by atoms with Gasteiger partial charge in [0.25, 0.3) is 0 Å². The maximum absolute atomic E-state index is 12.8. The smallest absolute Gasteiger partial charge is 0.193 e. The molecule has 3 aromatic rings. The Kier molecular flexibility index (Phi) is 6.12. The molecule has 0 aliphatic rings. The molecule has 1 aromatic heterocycles. The van der Waals surface area contributed by atoms with E-state index in [-0.39, 0.29) is 24.2 Å². The SMILES string of the molecule is CC(=O)c1c(C)[nH]c(C(=O)CN[C@H](c2ccccc2)c2ccc(Cl)cc2)c1C. The van der Waals surface area contributed by atoms with Crippen LogP contribution in [0.2, 0.25) is 5.02 Å². The number of aromatic nitrogens is 1. The lowest BCUT2D eigenvalue weighted by molar-refractivity contribution is 0.0983. The van der Waals surface area contributed by atoms with Crippen LogP contribution in [0.1, 0.15) is 56.2 Å². The summed E-state index contributed by atoms with van der Waals surface area (Å²) in [5.41, 5.74) is 4.60. The van der Waals surface area contributed by atoms with E-state index in [0.29, 0.717) is 21.8 Å². The molecule has 0 bridgehead atoms. The van der Waals surface area contributed by atoms with Gasteiger partial charge in [0.1, 0.15) is 0 Å². The summed E-state index contributed by atoms with van der Waals surface area (Å²) in [5.74, 6) is -0.121. The summed E-state index contributed by atoms with van der Waals surface area (Å²) in [4.78, 5) is 27.8. The molecule has 0 saturated heterocycles. The number of aryl methyl sites for hydroxylation is 1. The number of hydrogen-bond donors (Lipinski definition) is 2. The zero-order valence-electron chi connectivity index (χ0n) is 16.2. The molecule has 3 rings (SSSR count). The molecule has 144 valence electrons. The van der Waals surface area contributed by atoms with Crippen LogP contribution in [0, 0.1) is 13.8 Å². The largest absolute Gasteiger partial charge is 0.355 e. The van der Waals surface area contributed by atoms with E-state index in [1.807, 2.05) is 61.5 Å². The van der Waals surface area contributed by atoms with Gasteiger partial charge >= 0.3 is 0 Å². The maximum Gasteiger partial charge on any atom is 0.193 e. The first-order chi connectivity index (χ1) is 13.4. The minimum absolute atomic E-state index is 0.0402. The predicted octanol–water partition coefficient (Wildman–Crippen LogP) is 5.05. The molecule has 0 saturated carbocycles.